The monoisotopic (exact) mass is 418 g/mol. The Morgan fingerprint density at radius 3 is 2.30 bits per heavy atom. The molecule has 2 rings (SSSR count). The number of hydrogen-bond donors (Lipinski definition) is 1. The number of aromatic nitrogens is 1. The highest BCUT2D eigenvalue weighted by Crippen LogP contribution is 2.29. The molecule has 7 heteroatoms. The number of rotatable bonds is 8. The summed E-state index contributed by atoms with van der Waals surface area (Å²) in [5.74, 6) is 1.87. The highest BCUT2D eigenvalue weighted by atomic mass is 35.5. The first-order valence-corrected chi connectivity index (χ1v) is 9.75. The molecule has 5 nitrogen and oxygen atoms in total. The normalized spacial score (nSPS) is 14.9. The molecule has 0 aliphatic carbocycles. The Hall–Kier alpha value is -1.04. The number of nitrogens with two attached hydrogens (primary N) is 1. The molecule has 0 aromatic carbocycles. The molecular formula is C20H36Cl2N4O. The predicted molar refractivity (Wildman–Crippen MR) is 118 cm³/mol. The number of anilines is 1. The van der Waals surface area contributed by atoms with Crippen molar-refractivity contribution in [2.75, 3.05) is 37.6 Å². The van der Waals surface area contributed by atoms with Crippen molar-refractivity contribution >= 4 is 36.5 Å². The number of halogens is 2. The molecule has 0 radical (unpaired) electrons. The second-order valence-electron chi connectivity index (χ2n) is 7.15. The molecule has 1 saturated heterocycles. The maximum atomic E-state index is 13.1. The Morgan fingerprint density at radius 1 is 1.22 bits per heavy atom. The van der Waals surface area contributed by atoms with Gasteiger partial charge in [0.2, 0.25) is 5.91 Å². The molecule has 156 valence electrons. The van der Waals surface area contributed by atoms with Gasteiger partial charge in [0.15, 0.2) is 0 Å². The van der Waals surface area contributed by atoms with Crippen LogP contribution in [0, 0.1) is 11.3 Å². The summed E-state index contributed by atoms with van der Waals surface area (Å²) < 4.78 is 0. The van der Waals surface area contributed by atoms with Crippen molar-refractivity contribution in [3.63, 3.8) is 0 Å². The molecule has 1 aliphatic rings. The van der Waals surface area contributed by atoms with Crippen LogP contribution in [0.15, 0.2) is 24.4 Å². The van der Waals surface area contributed by atoms with E-state index in [2.05, 4.69) is 36.7 Å². The second-order valence-corrected chi connectivity index (χ2v) is 7.15. The lowest BCUT2D eigenvalue weighted by Gasteiger charge is -2.39. The molecule has 1 fully saturated rings. The predicted octanol–water partition coefficient (Wildman–Crippen LogP) is 3.76. The van der Waals surface area contributed by atoms with Gasteiger partial charge in [-0.25, -0.2) is 4.98 Å². The van der Waals surface area contributed by atoms with Crippen molar-refractivity contribution < 1.29 is 4.79 Å². The number of carbonyl (C=O) groups is 1. The Labute approximate surface area is 176 Å². The van der Waals surface area contributed by atoms with Gasteiger partial charge in [-0.3, -0.25) is 4.79 Å². The summed E-state index contributed by atoms with van der Waals surface area (Å²) in [4.78, 5) is 21.9. The minimum atomic E-state index is -0.384. The summed E-state index contributed by atoms with van der Waals surface area (Å²) in [5.41, 5.74) is 5.59. The summed E-state index contributed by atoms with van der Waals surface area (Å²) in [6, 6.07) is 6.06. The Morgan fingerprint density at radius 2 is 1.85 bits per heavy atom. The zero-order valence-electron chi connectivity index (χ0n) is 16.9. The highest BCUT2D eigenvalue weighted by Gasteiger charge is 2.37. The first kappa shape index (κ1) is 26.0. The first-order chi connectivity index (χ1) is 12.1. The molecule has 0 atom stereocenters. The SMILES string of the molecule is CCN(CC1CCN(c2ccccn2)CC1)C(=O)C(CC)(CC)CN.Cl.Cl. The van der Waals surface area contributed by atoms with Crippen molar-refractivity contribution in [3.8, 4) is 0 Å². The Balaban J connectivity index is 0.00000338. The van der Waals surface area contributed by atoms with E-state index in [4.69, 9.17) is 5.73 Å². The fraction of sp³-hybridized carbons (Fsp3) is 0.700. The van der Waals surface area contributed by atoms with Crippen molar-refractivity contribution in [1.82, 2.24) is 9.88 Å². The van der Waals surface area contributed by atoms with Gasteiger partial charge in [0.05, 0.1) is 5.41 Å². The van der Waals surface area contributed by atoms with Gasteiger partial charge in [-0.15, -0.1) is 24.8 Å². The fourth-order valence-electron chi connectivity index (χ4n) is 3.82. The van der Waals surface area contributed by atoms with Crippen LogP contribution >= 0.6 is 24.8 Å². The topological polar surface area (TPSA) is 62.5 Å². The van der Waals surface area contributed by atoms with Gasteiger partial charge < -0.3 is 15.5 Å². The summed E-state index contributed by atoms with van der Waals surface area (Å²) in [7, 11) is 0. The van der Waals surface area contributed by atoms with E-state index >= 15 is 0 Å². The molecule has 2 N–H and O–H groups in total. The van der Waals surface area contributed by atoms with Gasteiger partial charge in [0, 0.05) is 38.9 Å². The molecule has 1 amide bonds. The van der Waals surface area contributed by atoms with E-state index in [0.29, 0.717) is 12.5 Å². The lowest BCUT2D eigenvalue weighted by Crippen LogP contribution is -2.49. The maximum absolute atomic E-state index is 13.1. The third-order valence-corrected chi connectivity index (χ3v) is 5.93. The van der Waals surface area contributed by atoms with E-state index in [-0.39, 0.29) is 36.1 Å². The Bertz CT molecular complexity index is 524. The van der Waals surface area contributed by atoms with Crippen LogP contribution in [0.4, 0.5) is 5.82 Å². The number of nitrogens with zero attached hydrogens (tertiary/aromatic N) is 3. The van der Waals surface area contributed by atoms with E-state index in [1.165, 1.54) is 0 Å². The lowest BCUT2D eigenvalue weighted by molar-refractivity contribution is -0.142. The summed E-state index contributed by atoms with van der Waals surface area (Å²) >= 11 is 0. The average molecular weight is 419 g/mol. The van der Waals surface area contributed by atoms with Crippen LogP contribution in [0.3, 0.4) is 0 Å². The van der Waals surface area contributed by atoms with E-state index in [9.17, 15) is 4.79 Å². The molecule has 27 heavy (non-hydrogen) atoms. The maximum Gasteiger partial charge on any atom is 0.230 e. The van der Waals surface area contributed by atoms with Crippen molar-refractivity contribution in [1.29, 1.82) is 0 Å². The molecule has 1 aromatic rings. The van der Waals surface area contributed by atoms with Crippen molar-refractivity contribution in [2.45, 2.75) is 46.5 Å². The summed E-state index contributed by atoms with van der Waals surface area (Å²) in [5, 5.41) is 0. The van der Waals surface area contributed by atoms with Crippen LogP contribution in [0.1, 0.15) is 46.5 Å². The van der Waals surface area contributed by atoms with Gasteiger partial charge in [0.25, 0.3) is 0 Å². The van der Waals surface area contributed by atoms with Gasteiger partial charge in [-0.2, -0.15) is 0 Å². The molecule has 1 aromatic heterocycles. The first-order valence-electron chi connectivity index (χ1n) is 9.75. The van der Waals surface area contributed by atoms with Crippen molar-refractivity contribution in [3.05, 3.63) is 24.4 Å². The summed E-state index contributed by atoms with van der Waals surface area (Å²) in [6.07, 6.45) is 5.68. The third kappa shape index (κ3) is 6.23. The smallest absolute Gasteiger partial charge is 0.230 e. The van der Waals surface area contributed by atoms with Crippen LogP contribution in [-0.2, 0) is 4.79 Å². The van der Waals surface area contributed by atoms with Crippen molar-refractivity contribution in [2.24, 2.45) is 17.1 Å². The van der Waals surface area contributed by atoms with E-state index in [1.807, 2.05) is 23.2 Å². The zero-order chi connectivity index (χ0) is 18.3. The minimum absolute atomic E-state index is 0. The molecule has 0 bridgehead atoms. The molecular weight excluding hydrogens is 383 g/mol. The van der Waals surface area contributed by atoms with Crippen LogP contribution in [-0.4, -0.2) is 48.5 Å². The number of piperidine rings is 1. The molecule has 0 saturated carbocycles. The van der Waals surface area contributed by atoms with Gasteiger partial charge in [0.1, 0.15) is 5.82 Å². The summed E-state index contributed by atoms with van der Waals surface area (Å²) in [6.45, 7) is 10.3. The van der Waals surface area contributed by atoms with Crippen LogP contribution in [0.5, 0.6) is 0 Å². The molecule has 2 heterocycles. The van der Waals surface area contributed by atoms with Gasteiger partial charge >= 0.3 is 0 Å². The standard InChI is InChI=1S/C20H34N4O.2ClH/c1-4-20(5-2,16-21)19(25)23(6-3)15-17-10-13-24(14-11-17)18-9-7-8-12-22-18;;/h7-9,12,17H,4-6,10-11,13-16,21H2,1-3H3;2*1H. The van der Waals surface area contributed by atoms with Crippen LogP contribution in [0.2, 0.25) is 0 Å². The highest BCUT2D eigenvalue weighted by molar-refractivity contribution is 5.85. The molecule has 1 aliphatic heterocycles. The number of carbonyl (C=O) groups excluding carboxylic acids is 1. The Kier molecular flexibility index (Phi) is 11.9. The fourth-order valence-corrected chi connectivity index (χ4v) is 3.82. The number of amides is 1. The van der Waals surface area contributed by atoms with Gasteiger partial charge in [-0.05, 0) is 50.7 Å². The average Bonchev–Trinajstić information content (AvgIpc) is 2.69. The quantitative estimate of drug-likeness (QED) is 0.697. The number of hydrogen-bond acceptors (Lipinski definition) is 4. The molecule has 0 unspecified atom stereocenters. The second kappa shape index (κ2) is 12.4. The van der Waals surface area contributed by atoms with Crippen LogP contribution < -0.4 is 10.6 Å². The third-order valence-electron chi connectivity index (χ3n) is 5.93. The van der Waals surface area contributed by atoms with E-state index < -0.39 is 0 Å². The van der Waals surface area contributed by atoms with E-state index in [0.717, 1.165) is 57.7 Å². The molecule has 0 spiro atoms. The van der Waals surface area contributed by atoms with E-state index in [1.54, 1.807) is 0 Å². The minimum Gasteiger partial charge on any atom is -0.357 e. The largest absolute Gasteiger partial charge is 0.357 e. The van der Waals surface area contributed by atoms with Gasteiger partial charge in [-0.1, -0.05) is 19.9 Å². The zero-order valence-corrected chi connectivity index (χ0v) is 18.5. The number of pyridine rings is 1. The lowest BCUT2D eigenvalue weighted by atomic mass is 9.80. The van der Waals surface area contributed by atoms with Crippen LogP contribution in [0.25, 0.3) is 0 Å².